The molecule has 0 saturated heterocycles. The van der Waals surface area contributed by atoms with Gasteiger partial charge in [-0.25, -0.2) is 0 Å². The molecule has 1 unspecified atom stereocenters. The smallest absolute Gasteiger partial charge is 0.246 e. The zero-order valence-corrected chi connectivity index (χ0v) is 12.1. The predicted molar refractivity (Wildman–Crippen MR) is 85.6 cm³/mol. The minimum Gasteiger partial charge on any atom is -0.324 e. The molecule has 4 nitrogen and oxygen atoms in total. The van der Waals surface area contributed by atoms with Crippen molar-refractivity contribution < 1.29 is 4.79 Å². The Kier molecular flexibility index (Phi) is 3.85. The van der Waals surface area contributed by atoms with Crippen LogP contribution in [0.4, 0.5) is 5.69 Å². The summed E-state index contributed by atoms with van der Waals surface area (Å²) in [6.45, 7) is 0. The average molecular weight is 297 g/mol. The molecule has 0 saturated carbocycles. The van der Waals surface area contributed by atoms with E-state index in [0.717, 1.165) is 16.3 Å². The molecule has 3 N–H and O–H groups in total. The molecular weight excluding hydrogens is 282 g/mol. The Morgan fingerprint density at radius 3 is 2.67 bits per heavy atom. The van der Waals surface area contributed by atoms with E-state index in [1.807, 2.05) is 70.9 Å². The lowest BCUT2D eigenvalue weighted by molar-refractivity contribution is -0.117. The lowest BCUT2D eigenvalue weighted by atomic mass is 10.2. The van der Waals surface area contributed by atoms with Gasteiger partial charge in [0.15, 0.2) is 0 Å². The van der Waals surface area contributed by atoms with Crippen LogP contribution in [0.15, 0.2) is 66.3 Å². The number of nitrogens with two attached hydrogens (primary N) is 1. The molecule has 106 valence electrons. The minimum absolute atomic E-state index is 0.206. The van der Waals surface area contributed by atoms with Gasteiger partial charge in [0.05, 0.1) is 0 Å². The Morgan fingerprint density at radius 1 is 1.14 bits per heavy atom. The summed E-state index contributed by atoms with van der Waals surface area (Å²) in [6.07, 6.45) is 3.91. The molecule has 0 aliphatic heterocycles. The van der Waals surface area contributed by atoms with Crippen molar-refractivity contribution in [3.63, 3.8) is 0 Å². The third kappa shape index (κ3) is 3.04. The van der Waals surface area contributed by atoms with E-state index in [1.165, 1.54) is 11.3 Å². The first kappa shape index (κ1) is 13.6. The number of carbonyl (C=O) groups is 1. The number of thiophene rings is 1. The van der Waals surface area contributed by atoms with Gasteiger partial charge in [0, 0.05) is 28.6 Å². The molecule has 0 radical (unpaired) electrons. The van der Waals surface area contributed by atoms with Gasteiger partial charge >= 0.3 is 0 Å². The molecule has 0 aliphatic carbocycles. The number of carbonyl (C=O) groups excluding carboxylic acids is 1. The van der Waals surface area contributed by atoms with Gasteiger partial charge in [0.2, 0.25) is 5.91 Å². The van der Waals surface area contributed by atoms with Crippen LogP contribution in [0.25, 0.3) is 5.69 Å². The van der Waals surface area contributed by atoms with Crippen molar-refractivity contribution >= 4 is 22.9 Å². The Bertz CT molecular complexity index is 720. The molecule has 2 heterocycles. The van der Waals surface area contributed by atoms with E-state index >= 15 is 0 Å². The van der Waals surface area contributed by atoms with E-state index in [2.05, 4.69) is 5.32 Å². The Balaban J connectivity index is 1.76. The van der Waals surface area contributed by atoms with Crippen LogP contribution in [-0.4, -0.2) is 10.5 Å². The van der Waals surface area contributed by atoms with Crippen LogP contribution < -0.4 is 11.1 Å². The third-order valence-electron chi connectivity index (χ3n) is 3.15. The Labute approximate surface area is 126 Å². The number of benzene rings is 1. The van der Waals surface area contributed by atoms with E-state index < -0.39 is 6.04 Å². The zero-order chi connectivity index (χ0) is 14.7. The summed E-state index contributed by atoms with van der Waals surface area (Å²) in [7, 11) is 0. The number of rotatable bonds is 4. The van der Waals surface area contributed by atoms with E-state index in [9.17, 15) is 4.79 Å². The predicted octanol–water partition coefficient (Wildman–Crippen LogP) is 3.18. The van der Waals surface area contributed by atoms with Crippen LogP contribution in [0.5, 0.6) is 0 Å². The molecule has 3 rings (SSSR count). The highest BCUT2D eigenvalue weighted by Crippen LogP contribution is 2.20. The Morgan fingerprint density at radius 2 is 1.95 bits per heavy atom. The van der Waals surface area contributed by atoms with Gasteiger partial charge in [0.1, 0.15) is 6.04 Å². The number of amides is 1. The Hall–Kier alpha value is -2.37. The number of aromatic nitrogens is 1. The monoisotopic (exact) mass is 297 g/mol. The van der Waals surface area contributed by atoms with E-state index in [1.54, 1.807) is 0 Å². The molecule has 0 spiro atoms. The molecule has 1 aromatic carbocycles. The summed E-state index contributed by atoms with van der Waals surface area (Å²) < 4.78 is 1.98. The summed E-state index contributed by atoms with van der Waals surface area (Å²) in [5.74, 6) is -0.206. The number of anilines is 1. The largest absolute Gasteiger partial charge is 0.324 e. The quantitative estimate of drug-likeness (QED) is 0.777. The van der Waals surface area contributed by atoms with Crippen LogP contribution in [0.3, 0.4) is 0 Å². The van der Waals surface area contributed by atoms with Gasteiger partial charge < -0.3 is 15.6 Å². The number of nitrogens with one attached hydrogen (secondary N) is 1. The van der Waals surface area contributed by atoms with Crippen molar-refractivity contribution in [2.75, 3.05) is 5.32 Å². The second-order valence-electron chi connectivity index (χ2n) is 4.62. The molecule has 21 heavy (non-hydrogen) atoms. The van der Waals surface area contributed by atoms with Gasteiger partial charge in [-0.3, -0.25) is 4.79 Å². The van der Waals surface area contributed by atoms with Gasteiger partial charge in [-0.1, -0.05) is 12.1 Å². The fourth-order valence-corrected chi connectivity index (χ4v) is 2.79. The second-order valence-corrected chi connectivity index (χ2v) is 5.60. The summed E-state index contributed by atoms with van der Waals surface area (Å²) in [5.41, 5.74) is 7.68. The first-order chi connectivity index (χ1) is 10.2. The number of hydrogen-bond acceptors (Lipinski definition) is 3. The maximum absolute atomic E-state index is 12.2. The number of nitrogens with zero attached hydrogens (tertiary/aromatic N) is 1. The summed E-state index contributed by atoms with van der Waals surface area (Å²) >= 11 is 1.48. The topological polar surface area (TPSA) is 60.1 Å². The van der Waals surface area contributed by atoms with Gasteiger partial charge in [-0.15, -0.1) is 11.3 Å². The fraction of sp³-hybridized carbons (Fsp3) is 0.0625. The maximum atomic E-state index is 12.2. The van der Waals surface area contributed by atoms with Crippen LogP contribution in [-0.2, 0) is 4.79 Å². The normalized spacial score (nSPS) is 12.0. The van der Waals surface area contributed by atoms with Crippen molar-refractivity contribution in [1.82, 2.24) is 4.57 Å². The molecular formula is C16H15N3OS. The molecule has 0 bridgehead atoms. The van der Waals surface area contributed by atoms with Crippen molar-refractivity contribution in [2.24, 2.45) is 5.73 Å². The molecule has 1 amide bonds. The van der Waals surface area contributed by atoms with Crippen molar-refractivity contribution in [2.45, 2.75) is 6.04 Å². The summed E-state index contributed by atoms with van der Waals surface area (Å²) in [6, 6.07) is 14.7. The highest BCUT2D eigenvalue weighted by Gasteiger charge is 2.16. The first-order valence-corrected chi connectivity index (χ1v) is 7.45. The molecule has 0 aliphatic rings. The molecule has 3 aromatic rings. The van der Waals surface area contributed by atoms with E-state index in [0.29, 0.717) is 0 Å². The molecule has 0 fully saturated rings. The van der Waals surface area contributed by atoms with Crippen molar-refractivity contribution in [1.29, 1.82) is 0 Å². The van der Waals surface area contributed by atoms with Crippen LogP contribution >= 0.6 is 11.3 Å². The lowest BCUT2D eigenvalue weighted by Crippen LogP contribution is -2.27. The molecule has 2 aromatic heterocycles. The van der Waals surface area contributed by atoms with Crippen molar-refractivity contribution in [3.05, 3.63) is 71.2 Å². The van der Waals surface area contributed by atoms with E-state index in [-0.39, 0.29) is 5.91 Å². The van der Waals surface area contributed by atoms with E-state index in [4.69, 9.17) is 5.73 Å². The SMILES string of the molecule is NC(C(=O)Nc1cccc(-n2cccc2)c1)c1cccs1. The third-order valence-corrected chi connectivity index (χ3v) is 4.10. The van der Waals surface area contributed by atoms with Gasteiger partial charge in [0.25, 0.3) is 0 Å². The summed E-state index contributed by atoms with van der Waals surface area (Å²) in [4.78, 5) is 13.0. The van der Waals surface area contributed by atoms with Crippen LogP contribution in [0.1, 0.15) is 10.9 Å². The van der Waals surface area contributed by atoms with Crippen molar-refractivity contribution in [3.8, 4) is 5.69 Å². The van der Waals surface area contributed by atoms with Gasteiger partial charge in [-0.2, -0.15) is 0 Å². The minimum atomic E-state index is -0.639. The highest BCUT2D eigenvalue weighted by molar-refractivity contribution is 7.10. The average Bonchev–Trinajstić information content (AvgIpc) is 3.20. The highest BCUT2D eigenvalue weighted by atomic mass is 32.1. The van der Waals surface area contributed by atoms with Crippen LogP contribution in [0.2, 0.25) is 0 Å². The maximum Gasteiger partial charge on any atom is 0.246 e. The standard InChI is InChI=1S/C16H15N3OS/c17-15(14-7-4-10-21-14)16(20)18-12-5-3-6-13(11-12)19-8-1-2-9-19/h1-11,15H,17H2,(H,18,20). The molecule has 1 atom stereocenters. The van der Waals surface area contributed by atoms with Gasteiger partial charge in [-0.05, 0) is 41.8 Å². The summed E-state index contributed by atoms with van der Waals surface area (Å²) in [5, 5.41) is 4.77. The zero-order valence-electron chi connectivity index (χ0n) is 11.3. The first-order valence-electron chi connectivity index (χ1n) is 6.57. The second kappa shape index (κ2) is 5.95. The fourth-order valence-electron chi connectivity index (χ4n) is 2.07. The number of hydrogen-bond donors (Lipinski definition) is 2. The van der Waals surface area contributed by atoms with Crippen LogP contribution in [0, 0.1) is 0 Å². The molecule has 5 heteroatoms. The lowest BCUT2D eigenvalue weighted by Gasteiger charge is -2.12.